The van der Waals surface area contributed by atoms with E-state index in [1.165, 1.54) is 6.07 Å². The van der Waals surface area contributed by atoms with Crippen LogP contribution in [0.3, 0.4) is 0 Å². The van der Waals surface area contributed by atoms with Gasteiger partial charge in [0.2, 0.25) is 0 Å². The molecule has 1 saturated carbocycles. The number of rotatable bonds is 3. The fourth-order valence-electron chi connectivity index (χ4n) is 1.83. The molecule has 2 N–H and O–H groups in total. The Morgan fingerprint density at radius 2 is 2.06 bits per heavy atom. The van der Waals surface area contributed by atoms with E-state index >= 15 is 0 Å². The van der Waals surface area contributed by atoms with Gasteiger partial charge in [-0.25, -0.2) is 0 Å². The number of halogens is 3. The van der Waals surface area contributed by atoms with Gasteiger partial charge in [-0.2, -0.15) is 13.2 Å². The van der Waals surface area contributed by atoms with Crippen molar-refractivity contribution in [1.82, 2.24) is 5.32 Å². The van der Waals surface area contributed by atoms with E-state index in [2.05, 4.69) is 5.32 Å². The lowest BCUT2D eigenvalue weighted by atomic mass is 9.89. The van der Waals surface area contributed by atoms with E-state index in [-0.39, 0.29) is 12.1 Å². The van der Waals surface area contributed by atoms with Gasteiger partial charge < -0.3 is 10.4 Å². The molecule has 2 rings (SSSR count). The van der Waals surface area contributed by atoms with E-state index in [4.69, 9.17) is 0 Å². The largest absolute Gasteiger partial charge is 0.416 e. The quantitative estimate of drug-likeness (QED) is 0.856. The second kappa shape index (κ2) is 4.66. The van der Waals surface area contributed by atoms with Gasteiger partial charge in [-0.15, -0.1) is 0 Å². The molecule has 94 valence electrons. The van der Waals surface area contributed by atoms with Crippen LogP contribution in [-0.2, 0) is 12.7 Å². The average Bonchev–Trinajstić information content (AvgIpc) is 2.26. The minimum Gasteiger partial charge on any atom is -0.392 e. The number of hydrogen-bond acceptors (Lipinski definition) is 2. The zero-order valence-electron chi connectivity index (χ0n) is 9.17. The first-order chi connectivity index (χ1) is 7.97. The van der Waals surface area contributed by atoms with Crippen LogP contribution in [0.5, 0.6) is 0 Å². The third-order valence-electron chi connectivity index (χ3n) is 3.06. The van der Waals surface area contributed by atoms with Crippen molar-refractivity contribution in [2.75, 3.05) is 0 Å². The molecule has 0 spiro atoms. The third kappa shape index (κ3) is 2.98. The predicted molar refractivity (Wildman–Crippen MR) is 57.3 cm³/mol. The molecule has 0 radical (unpaired) electrons. The minimum atomic E-state index is -4.30. The smallest absolute Gasteiger partial charge is 0.392 e. The molecule has 0 aromatic heterocycles. The van der Waals surface area contributed by atoms with Crippen LogP contribution in [0.2, 0.25) is 0 Å². The van der Waals surface area contributed by atoms with Crippen LogP contribution in [0, 0.1) is 0 Å². The number of aliphatic hydroxyl groups excluding tert-OH is 1. The van der Waals surface area contributed by atoms with Crippen molar-refractivity contribution in [3.8, 4) is 0 Å². The first-order valence-corrected chi connectivity index (χ1v) is 5.54. The van der Waals surface area contributed by atoms with Gasteiger partial charge in [0.15, 0.2) is 0 Å². The molecule has 0 bridgehead atoms. The van der Waals surface area contributed by atoms with E-state index in [1.807, 2.05) is 0 Å². The van der Waals surface area contributed by atoms with Gasteiger partial charge in [-0.3, -0.25) is 0 Å². The van der Waals surface area contributed by atoms with Crippen molar-refractivity contribution in [2.45, 2.75) is 37.7 Å². The summed E-state index contributed by atoms with van der Waals surface area (Å²) in [6.45, 7) is 0.353. The molecule has 1 aliphatic rings. The Morgan fingerprint density at radius 3 is 2.59 bits per heavy atom. The van der Waals surface area contributed by atoms with Crippen LogP contribution in [0.4, 0.5) is 13.2 Å². The predicted octanol–water partition coefficient (Wildman–Crippen LogP) is 2.32. The normalized spacial score (nSPS) is 24.5. The van der Waals surface area contributed by atoms with Crippen LogP contribution in [0.1, 0.15) is 24.0 Å². The minimum absolute atomic E-state index is 0.0181. The molecule has 5 heteroatoms. The maximum atomic E-state index is 12.4. The van der Waals surface area contributed by atoms with Crippen LogP contribution in [-0.4, -0.2) is 17.3 Å². The lowest BCUT2D eigenvalue weighted by molar-refractivity contribution is -0.137. The molecule has 17 heavy (non-hydrogen) atoms. The topological polar surface area (TPSA) is 32.3 Å². The zero-order valence-corrected chi connectivity index (χ0v) is 9.17. The van der Waals surface area contributed by atoms with Gasteiger partial charge in [-0.1, -0.05) is 18.2 Å². The summed E-state index contributed by atoms with van der Waals surface area (Å²) in [5.74, 6) is 0. The lowest BCUT2D eigenvalue weighted by Gasteiger charge is -2.33. The van der Waals surface area contributed by atoms with Gasteiger partial charge in [-0.05, 0) is 24.5 Å². The summed E-state index contributed by atoms with van der Waals surface area (Å²) in [4.78, 5) is 0. The Hall–Kier alpha value is -1.07. The monoisotopic (exact) mass is 245 g/mol. The van der Waals surface area contributed by atoms with Gasteiger partial charge in [0, 0.05) is 12.6 Å². The highest BCUT2D eigenvalue weighted by atomic mass is 19.4. The maximum Gasteiger partial charge on any atom is 0.416 e. The number of benzene rings is 1. The molecule has 2 nitrogen and oxygen atoms in total. The molecular formula is C12H14F3NO. The molecule has 0 saturated heterocycles. The summed E-state index contributed by atoms with van der Waals surface area (Å²) in [7, 11) is 0. The Bertz CT molecular complexity index is 392. The molecule has 0 heterocycles. The third-order valence-corrected chi connectivity index (χ3v) is 3.06. The van der Waals surface area contributed by atoms with Gasteiger partial charge in [0.25, 0.3) is 0 Å². The fraction of sp³-hybridized carbons (Fsp3) is 0.500. The van der Waals surface area contributed by atoms with Gasteiger partial charge in [0.1, 0.15) is 0 Å². The Morgan fingerprint density at radius 1 is 1.29 bits per heavy atom. The van der Waals surface area contributed by atoms with E-state index in [0.717, 1.165) is 25.0 Å². The number of hydrogen-bond donors (Lipinski definition) is 2. The number of aliphatic hydroxyl groups is 1. The number of nitrogens with one attached hydrogen (secondary N) is 1. The van der Waals surface area contributed by atoms with Crippen LogP contribution in [0.15, 0.2) is 24.3 Å². The summed E-state index contributed by atoms with van der Waals surface area (Å²) in [5, 5.41) is 12.4. The Kier molecular flexibility index (Phi) is 3.40. The summed E-state index contributed by atoms with van der Waals surface area (Å²) < 4.78 is 37.3. The summed E-state index contributed by atoms with van der Waals surface area (Å²) >= 11 is 0. The highest BCUT2D eigenvalue weighted by Gasteiger charge is 2.31. The maximum absolute atomic E-state index is 12.4. The highest BCUT2D eigenvalue weighted by molar-refractivity contribution is 5.25. The van der Waals surface area contributed by atoms with Crippen molar-refractivity contribution in [3.05, 3.63) is 35.4 Å². The van der Waals surface area contributed by atoms with Crippen molar-refractivity contribution >= 4 is 0 Å². The second-order valence-electron chi connectivity index (χ2n) is 4.33. The number of alkyl halides is 3. The SMILES string of the molecule is O[C@H]1CC[C@@H]1NCc1cccc(C(F)(F)F)c1. The molecule has 1 aromatic carbocycles. The Labute approximate surface area is 97.5 Å². The molecule has 0 aliphatic heterocycles. The van der Waals surface area contributed by atoms with Crippen LogP contribution < -0.4 is 5.32 Å². The zero-order chi connectivity index (χ0) is 12.5. The fourth-order valence-corrected chi connectivity index (χ4v) is 1.83. The first-order valence-electron chi connectivity index (χ1n) is 5.54. The second-order valence-corrected chi connectivity index (χ2v) is 4.33. The lowest BCUT2D eigenvalue weighted by Crippen LogP contribution is -2.47. The molecular weight excluding hydrogens is 231 g/mol. The first kappa shape index (κ1) is 12.4. The van der Waals surface area contributed by atoms with Gasteiger partial charge >= 0.3 is 6.18 Å². The van der Waals surface area contributed by atoms with Gasteiger partial charge in [0.05, 0.1) is 11.7 Å². The Balaban J connectivity index is 1.97. The molecule has 1 aromatic rings. The highest BCUT2D eigenvalue weighted by Crippen LogP contribution is 2.29. The summed E-state index contributed by atoms with van der Waals surface area (Å²) in [5.41, 5.74) is -0.0510. The van der Waals surface area contributed by atoms with Crippen molar-refractivity contribution < 1.29 is 18.3 Å². The summed E-state index contributed by atoms with van der Waals surface area (Å²) in [6.07, 6.45) is -3.02. The standard InChI is InChI=1S/C12H14F3NO/c13-12(14,15)9-3-1-2-8(6-9)7-16-10-4-5-11(10)17/h1-3,6,10-11,16-17H,4-5,7H2/t10-,11-/m0/s1. The molecule has 1 aliphatic carbocycles. The summed E-state index contributed by atoms with van der Waals surface area (Å²) in [6, 6.07) is 5.26. The van der Waals surface area contributed by atoms with E-state index in [0.29, 0.717) is 12.1 Å². The van der Waals surface area contributed by atoms with Crippen molar-refractivity contribution in [1.29, 1.82) is 0 Å². The van der Waals surface area contributed by atoms with Crippen LogP contribution >= 0.6 is 0 Å². The molecule has 2 atom stereocenters. The average molecular weight is 245 g/mol. The van der Waals surface area contributed by atoms with Crippen molar-refractivity contribution in [2.24, 2.45) is 0 Å². The molecule has 0 amide bonds. The van der Waals surface area contributed by atoms with E-state index in [9.17, 15) is 18.3 Å². The molecule has 0 unspecified atom stereocenters. The van der Waals surface area contributed by atoms with Crippen molar-refractivity contribution in [3.63, 3.8) is 0 Å². The van der Waals surface area contributed by atoms with E-state index in [1.54, 1.807) is 6.07 Å². The molecule has 1 fully saturated rings. The van der Waals surface area contributed by atoms with Crippen LogP contribution in [0.25, 0.3) is 0 Å². The van der Waals surface area contributed by atoms with E-state index < -0.39 is 11.7 Å².